The molecule has 0 fully saturated rings. The smallest absolute Gasteiger partial charge is 0.0567 e. The molecule has 0 aliphatic rings. The van der Waals surface area contributed by atoms with Crippen LogP contribution in [0.5, 0.6) is 0 Å². The summed E-state index contributed by atoms with van der Waals surface area (Å²) in [7, 11) is 0. The molecule has 2 N–H and O–H groups in total. The summed E-state index contributed by atoms with van der Waals surface area (Å²) in [6.07, 6.45) is 1.76. The predicted molar refractivity (Wildman–Crippen MR) is 69.9 cm³/mol. The molecule has 3 aromatic rings. The molecular weight excluding hydrogens is 210 g/mol. The minimum Gasteiger partial charge on any atom is -0.379 e. The fraction of sp³-hybridized carbons (Fsp3) is 0.0714. The Kier molecular flexibility index (Phi) is 2.50. The molecule has 0 spiro atoms. The van der Waals surface area contributed by atoms with Gasteiger partial charge in [-0.05, 0) is 17.5 Å². The summed E-state index contributed by atoms with van der Waals surface area (Å²) in [5, 5.41) is 12.8. The zero-order valence-corrected chi connectivity index (χ0v) is 9.35. The third kappa shape index (κ3) is 1.99. The summed E-state index contributed by atoms with van der Waals surface area (Å²) < 4.78 is 0. The van der Waals surface area contributed by atoms with Crippen LogP contribution in [0.2, 0.25) is 0 Å². The van der Waals surface area contributed by atoms with E-state index < -0.39 is 0 Å². The first-order valence-electron chi connectivity index (χ1n) is 5.63. The van der Waals surface area contributed by atoms with Crippen molar-refractivity contribution in [3.05, 3.63) is 60.4 Å². The van der Waals surface area contributed by atoms with Gasteiger partial charge in [0, 0.05) is 17.3 Å². The Morgan fingerprint density at radius 1 is 1.00 bits per heavy atom. The van der Waals surface area contributed by atoms with Crippen molar-refractivity contribution in [1.29, 1.82) is 0 Å². The molecule has 0 saturated carbocycles. The fourth-order valence-electron chi connectivity index (χ4n) is 1.95. The van der Waals surface area contributed by atoms with E-state index in [1.807, 2.05) is 6.07 Å². The van der Waals surface area contributed by atoms with Gasteiger partial charge in [-0.1, -0.05) is 36.4 Å². The fourth-order valence-corrected chi connectivity index (χ4v) is 1.95. The van der Waals surface area contributed by atoms with E-state index in [2.05, 4.69) is 58.0 Å². The first kappa shape index (κ1) is 9.90. The van der Waals surface area contributed by atoms with Gasteiger partial charge >= 0.3 is 0 Å². The van der Waals surface area contributed by atoms with Crippen molar-refractivity contribution in [2.75, 3.05) is 5.32 Å². The highest BCUT2D eigenvalue weighted by Gasteiger charge is 1.99. The number of hydrogen-bond donors (Lipinski definition) is 2. The van der Waals surface area contributed by atoms with Gasteiger partial charge in [0.05, 0.1) is 12.2 Å². The van der Waals surface area contributed by atoms with E-state index in [1.54, 1.807) is 6.20 Å². The first-order chi connectivity index (χ1) is 8.43. The van der Waals surface area contributed by atoms with Crippen LogP contribution in [0.1, 0.15) is 5.69 Å². The van der Waals surface area contributed by atoms with Crippen molar-refractivity contribution in [1.82, 2.24) is 10.2 Å². The van der Waals surface area contributed by atoms with Crippen LogP contribution in [-0.2, 0) is 6.54 Å². The van der Waals surface area contributed by atoms with Gasteiger partial charge in [0.1, 0.15) is 0 Å². The molecule has 1 heterocycles. The molecule has 0 unspecified atom stereocenters. The minimum atomic E-state index is 0.758. The Bertz CT molecular complexity index is 609. The molecule has 0 saturated heterocycles. The van der Waals surface area contributed by atoms with Gasteiger partial charge in [-0.15, -0.1) is 0 Å². The maximum absolute atomic E-state index is 3.93. The molecule has 3 rings (SSSR count). The van der Waals surface area contributed by atoms with Crippen LogP contribution in [0, 0.1) is 0 Å². The van der Waals surface area contributed by atoms with Crippen LogP contribution in [0.25, 0.3) is 10.8 Å². The molecule has 17 heavy (non-hydrogen) atoms. The molecule has 0 aliphatic heterocycles. The van der Waals surface area contributed by atoms with E-state index in [0.717, 1.165) is 17.9 Å². The quantitative estimate of drug-likeness (QED) is 0.716. The van der Waals surface area contributed by atoms with E-state index in [9.17, 15) is 0 Å². The lowest BCUT2D eigenvalue weighted by molar-refractivity contribution is 0.983. The summed E-state index contributed by atoms with van der Waals surface area (Å²) in [6, 6.07) is 16.6. The highest BCUT2D eigenvalue weighted by Crippen LogP contribution is 2.23. The molecule has 0 amide bonds. The molecule has 2 aromatic carbocycles. The number of anilines is 1. The van der Waals surface area contributed by atoms with Crippen LogP contribution in [0.15, 0.2) is 54.7 Å². The van der Waals surface area contributed by atoms with Gasteiger partial charge in [-0.25, -0.2) is 0 Å². The summed E-state index contributed by atoms with van der Waals surface area (Å²) in [4.78, 5) is 0. The van der Waals surface area contributed by atoms with E-state index in [1.165, 1.54) is 10.8 Å². The maximum Gasteiger partial charge on any atom is 0.0567 e. The summed E-state index contributed by atoms with van der Waals surface area (Å²) >= 11 is 0. The van der Waals surface area contributed by atoms with E-state index in [0.29, 0.717) is 0 Å². The van der Waals surface area contributed by atoms with Crippen molar-refractivity contribution in [3.8, 4) is 0 Å². The van der Waals surface area contributed by atoms with Crippen molar-refractivity contribution in [3.63, 3.8) is 0 Å². The normalized spacial score (nSPS) is 10.6. The van der Waals surface area contributed by atoms with Crippen LogP contribution in [0.4, 0.5) is 5.69 Å². The Morgan fingerprint density at radius 3 is 2.76 bits per heavy atom. The Balaban J connectivity index is 1.90. The minimum absolute atomic E-state index is 0.758. The number of fused-ring (bicyclic) bond motifs is 1. The molecule has 0 bridgehead atoms. The number of H-pyrrole nitrogens is 1. The van der Waals surface area contributed by atoms with Gasteiger partial charge in [-0.3, -0.25) is 5.10 Å². The lowest BCUT2D eigenvalue weighted by Crippen LogP contribution is -2.00. The molecule has 1 aromatic heterocycles. The van der Waals surface area contributed by atoms with Gasteiger partial charge < -0.3 is 5.32 Å². The van der Waals surface area contributed by atoms with Gasteiger partial charge in [0.25, 0.3) is 0 Å². The number of hydrogen-bond acceptors (Lipinski definition) is 2. The van der Waals surface area contributed by atoms with Crippen LogP contribution >= 0.6 is 0 Å². The van der Waals surface area contributed by atoms with E-state index >= 15 is 0 Å². The molecule has 0 radical (unpaired) electrons. The van der Waals surface area contributed by atoms with Gasteiger partial charge in [0.15, 0.2) is 0 Å². The van der Waals surface area contributed by atoms with Gasteiger partial charge in [0.2, 0.25) is 0 Å². The molecule has 0 atom stereocenters. The third-order valence-electron chi connectivity index (χ3n) is 2.82. The zero-order chi connectivity index (χ0) is 11.5. The molecular formula is C14H13N3. The van der Waals surface area contributed by atoms with Crippen molar-refractivity contribution >= 4 is 16.5 Å². The number of nitrogens with zero attached hydrogens (tertiary/aromatic N) is 1. The Labute approximate surface area is 99.5 Å². The predicted octanol–water partition coefficient (Wildman–Crippen LogP) is 3.18. The Morgan fingerprint density at radius 2 is 1.88 bits per heavy atom. The van der Waals surface area contributed by atoms with Gasteiger partial charge in [-0.2, -0.15) is 5.10 Å². The van der Waals surface area contributed by atoms with Crippen LogP contribution in [-0.4, -0.2) is 10.2 Å². The number of benzene rings is 2. The van der Waals surface area contributed by atoms with Crippen LogP contribution < -0.4 is 5.32 Å². The number of aromatic nitrogens is 2. The van der Waals surface area contributed by atoms with E-state index in [4.69, 9.17) is 0 Å². The third-order valence-corrected chi connectivity index (χ3v) is 2.82. The zero-order valence-electron chi connectivity index (χ0n) is 9.35. The highest BCUT2D eigenvalue weighted by atomic mass is 15.1. The van der Waals surface area contributed by atoms with Crippen molar-refractivity contribution in [2.45, 2.75) is 6.54 Å². The lowest BCUT2D eigenvalue weighted by atomic mass is 10.1. The molecule has 84 valence electrons. The number of nitrogens with one attached hydrogen (secondary N) is 2. The standard InChI is InChI=1S/C14H13N3/c1-2-6-13-11(4-1)5-3-7-14(13)15-10-12-8-9-16-17-12/h1-9,15H,10H2,(H,16,17). The maximum atomic E-state index is 3.93. The molecule has 0 aliphatic carbocycles. The topological polar surface area (TPSA) is 40.7 Å². The second-order valence-corrected chi connectivity index (χ2v) is 3.96. The second kappa shape index (κ2) is 4.29. The highest BCUT2D eigenvalue weighted by molar-refractivity contribution is 5.93. The Hall–Kier alpha value is -2.29. The number of rotatable bonds is 3. The average molecular weight is 223 g/mol. The second-order valence-electron chi connectivity index (χ2n) is 3.96. The largest absolute Gasteiger partial charge is 0.379 e. The van der Waals surface area contributed by atoms with E-state index in [-0.39, 0.29) is 0 Å². The summed E-state index contributed by atoms with van der Waals surface area (Å²) in [6.45, 7) is 0.758. The first-order valence-corrected chi connectivity index (χ1v) is 5.63. The monoisotopic (exact) mass is 223 g/mol. The SMILES string of the molecule is c1ccc2c(NCc3ccn[nH]3)cccc2c1. The molecule has 3 heteroatoms. The van der Waals surface area contributed by atoms with Crippen molar-refractivity contribution in [2.24, 2.45) is 0 Å². The summed E-state index contributed by atoms with van der Waals surface area (Å²) in [5.74, 6) is 0. The lowest BCUT2D eigenvalue weighted by Gasteiger charge is -2.08. The molecule has 3 nitrogen and oxygen atoms in total. The number of aromatic amines is 1. The van der Waals surface area contributed by atoms with Crippen molar-refractivity contribution < 1.29 is 0 Å². The average Bonchev–Trinajstić information content (AvgIpc) is 2.89. The summed E-state index contributed by atoms with van der Waals surface area (Å²) in [5.41, 5.74) is 2.23. The van der Waals surface area contributed by atoms with Crippen LogP contribution in [0.3, 0.4) is 0 Å².